The Labute approximate surface area is 260 Å². The van der Waals surface area contributed by atoms with Gasteiger partial charge in [-0.05, 0) is 67.1 Å². The maximum atomic E-state index is 12.3. The molecule has 3 heteroatoms. The number of ether oxygens (including phenoxy) is 2. The number of carbonyl (C=O) groups is 1. The Morgan fingerprint density at radius 3 is 1.93 bits per heavy atom. The minimum atomic E-state index is -0.228. The molecule has 0 heterocycles. The van der Waals surface area contributed by atoms with E-state index in [9.17, 15) is 4.79 Å². The molecule has 3 atom stereocenters. The second-order valence-corrected chi connectivity index (χ2v) is 13.0. The normalized spacial score (nSPS) is 18.9. The minimum Gasteiger partial charge on any atom is -0.482 e. The van der Waals surface area contributed by atoms with Gasteiger partial charge >= 0.3 is 5.97 Å². The summed E-state index contributed by atoms with van der Waals surface area (Å²) >= 11 is 0. The molecule has 0 bridgehead atoms. The molecular formula is C39H64O3. The molecule has 0 aromatic heterocycles. The van der Waals surface area contributed by atoms with Gasteiger partial charge in [0.05, 0.1) is 6.61 Å². The van der Waals surface area contributed by atoms with Crippen LogP contribution < -0.4 is 4.74 Å². The van der Waals surface area contributed by atoms with Gasteiger partial charge in [-0.1, -0.05) is 142 Å². The Hall–Kier alpha value is -1.95. The molecule has 0 N–H and O–H groups in total. The van der Waals surface area contributed by atoms with E-state index < -0.39 is 0 Å². The molecule has 0 radical (unpaired) electrons. The first-order valence-corrected chi connectivity index (χ1v) is 17.9. The van der Waals surface area contributed by atoms with Crippen LogP contribution in [0.5, 0.6) is 5.75 Å². The molecule has 1 aromatic rings. The van der Waals surface area contributed by atoms with Gasteiger partial charge in [0.15, 0.2) is 6.61 Å². The number of carbonyl (C=O) groups excluding carboxylic acids is 1. The Balaban J connectivity index is 0.00000301. The third-order valence-corrected chi connectivity index (χ3v) is 9.81. The van der Waals surface area contributed by atoms with Crippen molar-refractivity contribution in [1.82, 2.24) is 0 Å². The molecule has 0 saturated heterocycles. The zero-order valence-corrected chi connectivity index (χ0v) is 27.5. The molecule has 0 spiro atoms. The summed E-state index contributed by atoms with van der Waals surface area (Å²) in [5, 5.41) is 0. The minimum absolute atomic E-state index is 0.0312. The number of hydrogen-bond donors (Lipinski definition) is 0. The summed E-state index contributed by atoms with van der Waals surface area (Å²) in [6.45, 7) is 5.13. The average molecular weight is 581 g/mol. The number of benzene rings is 1. The van der Waals surface area contributed by atoms with Crippen LogP contribution in [-0.2, 0) is 22.4 Å². The van der Waals surface area contributed by atoms with Crippen LogP contribution in [0, 0.1) is 30.6 Å². The highest BCUT2D eigenvalue weighted by atomic mass is 16.6. The van der Waals surface area contributed by atoms with Crippen LogP contribution in [0.2, 0.25) is 0 Å². The molecule has 2 aliphatic carbocycles. The summed E-state index contributed by atoms with van der Waals surface area (Å²) in [6, 6.07) is 6.47. The van der Waals surface area contributed by atoms with E-state index in [-0.39, 0.29) is 12.6 Å². The average Bonchev–Trinajstić information content (AvgIpc) is 3.41. The molecule has 1 unspecified atom stereocenters. The van der Waals surface area contributed by atoms with Gasteiger partial charge in [-0.2, -0.15) is 0 Å². The zero-order chi connectivity index (χ0) is 30.3. The first-order chi connectivity index (χ1) is 20.7. The largest absolute Gasteiger partial charge is 0.482 e. The molecule has 1 saturated carbocycles. The number of fused-ring (bicyclic) bond motifs is 2. The van der Waals surface area contributed by atoms with Crippen LogP contribution in [0.4, 0.5) is 0 Å². The van der Waals surface area contributed by atoms with Gasteiger partial charge in [-0.15, -0.1) is 12.8 Å². The highest BCUT2D eigenvalue weighted by Crippen LogP contribution is 2.48. The maximum Gasteiger partial charge on any atom is 0.344 e. The molecule has 3 nitrogen and oxygen atoms in total. The summed E-state index contributed by atoms with van der Waals surface area (Å²) in [6.07, 6.45) is 38.6. The Morgan fingerprint density at radius 1 is 0.738 bits per heavy atom. The fourth-order valence-corrected chi connectivity index (χ4v) is 7.37. The molecule has 3 rings (SSSR count). The van der Waals surface area contributed by atoms with Crippen LogP contribution in [0.1, 0.15) is 160 Å². The second-order valence-electron chi connectivity index (χ2n) is 13.0. The first-order valence-electron chi connectivity index (χ1n) is 17.9. The Kier molecular flexibility index (Phi) is 20.3. The van der Waals surface area contributed by atoms with Crippen molar-refractivity contribution in [3.05, 3.63) is 29.3 Å². The lowest BCUT2D eigenvalue weighted by atomic mass is 9.73. The highest BCUT2D eigenvalue weighted by molar-refractivity contribution is 5.71. The van der Waals surface area contributed by atoms with Gasteiger partial charge in [0.1, 0.15) is 5.75 Å². The molecule has 2 aliphatic rings. The van der Waals surface area contributed by atoms with Gasteiger partial charge in [-0.3, -0.25) is 0 Å². The Bertz CT molecular complexity index is 843. The van der Waals surface area contributed by atoms with Crippen molar-refractivity contribution in [1.29, 1.82) is 0 Å². The van der Waals surface area contributed by atoms with Gasteiger partial charge in [-0.25, -0.2) is 4.79 Å². The van der Waals surface area contributed by atoms with Crippen LogP contribution in [0.25, 0.3) is 0 Å². The van der Waals surface area contributed by atoms with Gasteiger partial charge in [0, 0.05) is 0 Å². The topological polar surface area (TPSA) is 35.5 Å². The van der Waals surface area contributed by atoms with E-state index in [0.717, 1.165) is 42.8 Å². The van der Waals surface area contributed by atoms with Gasteiger partial charge in [0.25, 0.3) is 0 Å². The lowest BCUT2D eigenvalue weighted by Crippen LogP contribution is -2.26. The molecule has 42 heavy (non-hydrogen) atoms. The number of esters is 1. The van der Waals surface area contributed by atoms with Crippen LogP contribution in [-0.4, -0.2) is 19.2 Å². The standard InChI is InChI=1S/C37H62O3.C2H2/c1-3-5-7-9-11-12-13-14-15-16-18-20-27-39-37(38)30-40-36-24-21-23-32-28-34-31(22-19-17-10-8-6-4-2)25-26-33(34)29-35(32)36;1-2/h21,23-24,31,33-34H,3-20,22,25-30H2,1-2H3;1-2H/t31?,33-,34-;/m1./s1. The second kappa shape index (κ2) is 23.5. The van der Waals surface area contributed by atoms with Crippen molar-refractivity contribution >= 4 is 5.97 Å². The lowest BCUT2D eigenvalue weighted by molar-refractivity contribution is -0.146. The van der Waals surface area contributed by atoms with Crippen molar-refractivity contribution in [3.8, 4) is 18.6 Å². The summed E-state index contributed by atoms with van der Waals surface area (Å²) in [5.74, 6) is 3.23. The van der Waals surface area contributed by atoms with Gasteiger partial charge < -0.3 is 9.47 Å². The van der Waals surface area contributed by atoms with Crippen molar-refractivity contribution in [2.24, 2.45) is 17.8 Å². The smallest absolute Gasteiger partial charge is 0.344 e. The third kappa shape index (κ3) is 14.0. The zero-order valence-electron chi connectivity index (χ0n) is 27.5. The van der Waals surface area contributed by atoms with Crippen LogP contribution in [0.3, 0.4) is 0 Å². The fraction of sp³-hybridized carbons (Fsp3) is 0.769. The van der Waals surface area contributed by atoms with E-state index >= 15 is 0 Å². The van der Waals surface area contributed by atoms with E-state index in [0.29, 0.717) is 6.61 Å². The maximum absolute atomic E-state index is 12.3. The predicted octanol–water partition coefficient (Wildman–Crippen LogP) is 11.1. The lowest BCUT2D eigenvalue weighted by Gasteiger charge is -2.32. The van der Waals surface area contributed by atoms with E-state index in [1.807, 2.05) is 0 Å². The molecule has 1 fully saturated rings. The molecule has 0 aliphatic heterocycles. The molecule has 1 aromatic carbocycles. The van der Waals surface area contributed by atoms with Crippen LogP contribution >= 0.6 is 0 Å². The third-order valence-electron chi connectivity index (χ3n) is 9.81. The molecular weight excluding hydrogens is 516 g/mol. The van der Waals surface area contributed by atoms with E-state index in [1.165, 1.54) is 140 Å². The number of terminal acetylenes is 1. The van der Waals surface area contributed by atoms with Crippen molar-refractivity contribution in [2.75, 3.05) is 13.2 Å². The van der Waals surface area contributed by atoms with Gasteiger partial charge in [0.2, 0.25) is 0 Å². The predicted molar refractivity (Wildman–Crippen MR) is 179 cm³/mol. The fourth-order valence-electron chi connectivity index (χ4n) is 7.37. The van der Waals surface area contributed by atoms with Crippen molar-refractivity contribution in [3.63, 3.8) is 0 Å². The monoisotopic (exact) mass is 580 g/mol. The summed E-state index contributed by atoms with van der Waals surface area (Å²) in [7, 11) is 0. The quantitative estimate of drug-likeness (QED) is 0.0733. The number of unbranched alkanes of at least 4 members (excludes halogenated alkanes) is 16. The SMILES string of the molecule is C#C.CCCCCCCCCCCCCCOC(=O)COc1cccc2c1C[C@H]1CCC(CCCCCCCC)[C@H]1C2. The highest BCUT2D eigenvalue weighted by Gasteiger charge is 2.39. The number of rotatable bonds is 23. The van der Waals surface area contributed by atoms with Crippen molar-refractivity contribution < 1.29 is 14.3 Å². The van der Waals surface area contributed by atoms with E-state index in [1.54, 1.807) is 0 Å². The van der Waals surface area contributed by atoms with Crippen LogP contribution in [0.15, 0.2) is 18.2 Å². The number of hydrogen-bond acceptors (Lipinski definition) is 3. The summed E-state index contributed by atoms with van der Waals surface area (Å²) in [4.78, 5) is 12.3. The Morgan fingerprint density at radius 2 is 1.31 bits per heavy atom. The van der Waals surface area contributed by atoms with Crippen molar-refractivity contribution in [2.45, 2.75) is 162 Å². The van der Waals surface area contributed by atoms with E-state index in [4.69, 9.17) is 9.47 Å². The first kappa shape index (κ1) is 36.2. The summed E-state index contributed by atoms with van der Waals surface area (Å²) < 4.78 is 11.5. The summed E-state index contributed by atoms with van der Waals surface area (Å²) in [5.41, 5.74) is 2.82. The molecule has 0 amide bonds. The van der Waals surface area contributed by atoms with E-state index in [2.05, 4.69) is 44.9 Å². The molecule has 238 valence electrons.